The molecule has 26 heavy (non-hydrogen) atoms. The van der Waals surface area contributed by atoms with Crippen molar-refractivity contribution < 1.29 is 34.8 Å². The molecule has 11 heteroatoms. The van der Waals surface area contributed by atoms with E-state index in [2.05, 4.69) is 4.98 Å². The number of hydrogen-bond donors (Lipinski definition) is 2. The number of rotatable bonds is 3. The van der Waals surface area contributed by atoms with Gasteiger partial charge in [0.05, 0.1) is 11.3 Å². The Hall–Kier alpha value is -2.69. The van der Waals surface area contributed by atoms with E-state index in [-0.39, 0.29) is 17.0 Å². The van der Waals surface area contributed by atoms with Gasteiger partial charge < -0.3 is 4.98 Å². The van der Waals surface area contributed by atoms with Crippen LogP contribution in [0.4, 0.5) is 32.0 Å². The summed E-state index contributed by atoms with van der Waals surface area (Å²) >= 11 is 0. The zero-order valence-corrected chi connectivity index (χ0v) is 13.3. The van der Waals surface area contributed by atoms with Crippen LogP contribution in [0.5, 0.6) is 0 Å². The van der Waals surface area contributed by atoms with Crippen molar-refractivity contribution in [1.82, 2.24) is 4.98 Å². The van der Waals surface area contributed by atoms with Gasteiger partial charge in [-0.25, -0.2) is 21.6 Å². The van der Waals surface area contributed by atoms with Crippen LogP contribution in [0.15, 0.2) is 41.4 Å². The Labute approximate surface area is 142 Å². The van der Waals surface area contributed by atoms with Crippen molar-refractivity contribution in [3.63, 3.8) is 0 Å². The van der Waals surface area contributed by atoms with Crippen molar-refractivity contribution in [3.05, 3.63) is 59.5 Å². The zero-order valence-electron chi connectivity index (χ0n) is 12.5. The Morgan fingerprint density at radius 3 is 2.23 bits per heavy atom. The lowest BCUT2D eigenvalue weighted by Gasteiger charge is -2.09. The molecule has 0 fully saturated rings. The first-order valence-corrected chi connectivity index (χ1v) is 8.33. The number of sulfonamides is 1. The number of aromatic nitrogens is 1. The molecular formula is C15H8F6N2O2S. The van der Waals surface area contributed by atoms with Crippen molar-refractivity contribution in [2.24, 2.45) is 0 Å². The number of halogens is 6. The van der Waals surface area contributed by atoms with Crippen LogP contribution in [0.2, 0.25) is 0 Å². The fraction of sp³-hybridized carbons (Fsp3) is 0.0667. The molecular weight excluding hydrogens is 386 g/mol. The first-order chi connectivity index (χ1) is 12.0. The average Bonchev–Trinajstić information content (AvgIpc) is 2.95. The maximum Gasteiger partial charge on any atom is 0.416 e. The highest BCUT2D eigenvalue weighted by Crippen LogP contribution is 2.33. The van der Waals surface area contributed by atoms with Crippen LogP contribution in [0.25, 0.3) is 10.9 Å². The second kappa shape index (κ2) is 5.94. The van der Waals surface area contributed by atoms with Crippen LogP contribution in [0.1, 0.15) is 5.56 Å². The van der Waals surface area contributed by atoms with Crippen molar-refractivity contribution in [1.29, 1.82) is 0 Å². The molecule has 0 atom stereocenters. The van der Waals surface area contributed by atoms with Crippen molar-refractivity contribution >= 4 is 26.6 Å². The number of H-pyrrole nitrogens is 1. The Bertz CT molecular complexity index is 1110. The molecule has 1 heterocycles. The number of nitrogens with one attached hydrogen (secondary N) is 2. The Morgan fingerprint density at radius 1 is 0.923 bits per heavy atom. The van der Waals surface area contributed by atoms with Gasteiger partial charge in [0.1, 0.15) is 10.7 Å². The molecule has 0 saturated heterocycles. The molecule has 3 rings (SSSR count). The molecule has 138 valence electrons. The van der Waals surface area contributed by atoms with E-state index < -0.39 is 49.8 Å². The highest BCUT2D eigenvalue weighted by atomic mass is 32.2. The van der Waals surface area contributed by atoms with Gasteiger partial charge in [-0.15, -0.1) is 0 Å². The third kappa shape index (κ3) is 3.21. The maximum absolute atomic E-state index is 13.6. The minimum atomic E-state index is -4.62. The van der Waals surface area contributed by atoms with Crippen molar-refractivity contribution in [3.8, 4) is 0 Å². The minimum absolute atomic E-state index is 0.0894. The summed E-state index contributed by atoms with van der Waals surface area (Å²) in [5.74, 6) is -4.33. The Morgan fingerprint density at radius 2 is 1.58 bits per heavy atom. The topological polar surface area (TPSA) is 62.0 Å². The van der Waals surface area contributed by atoms with E-state index in [4.69, 9.17) is 0 Å². The molecule has 1 aromatic heterocycles. The van der Waals surface area contributed by atoms with Crippen LogP contribution in [-0.4, -0.2) is 13.4 Å². The molecule has 2 N–H and O–H groups in total. The van der Waals surface area contributed by atoms with Gasteiger partial charge in [-0.3, -0.25) is 4.72 Å². The predicted octanol–water partition coefficient (Wildman–Crippen LogP) is 4.40. The summed E-state index contributed by atoms with van der Waals surface area (Å²) in [6, 6.07) is 2.82. The van der Waals surface area contributed by atoms with E-state index in [9.17, 15) is 34.8 Å². The van der Waals surface area contributed by atoms with Crippen molar-refractivity contribution in [2.75, 3.05) is 4.72 Å². The molecule has 0 saturated carbocycles. The first kappa shape index (κ1) is 18.1. The van der Waals surface area contributed by atoms with Gasteiger partial charge in [-0.2, -0.15) is 13.2 Å². The summed E-state index contributed by atoms with van der Waals surface area (Å²) in [6.45, 7) is 0. The number of hydrogen-bond acceptors (Lipinski definition) is 2. The fourth-order valence-electron chi connectivity index (χ4n) is 2.30. The van der Waals surface area contributed by atoms with E-state index >= 15 is 0 Å². The molecule has 0 bridgehead atoms. The molecule has 0 radical (unpaired) electrons. The van der Waals surface area contributed by atoms with Gasteiger partial charge >= 0.3 is 6.18 Å². The second-order valence-electron chi connectivity index (χ2n) is 5.26. The van der Waals surface area contributed by atoms with Gasteiger partial charge in [0.2, 0.25) is 0 Å². The number of benzene rings is 2. The number of aromatic amines is 1. The molecule has 0 aliphatic heterocycles. The fourth-order valence-corrected chi connectivity index (χ4v) is 3.54. The average molecular weight is 394 g/mol. The lowest BCUT2D eigenvalue weighted by molar-refractivity contribution is -0.137. The predicted molar refractivity (Wildman–Crippen MR) is 80.4 cm³/mol. The summed E-state index contributed by atoms with van der Waals surface area (Å²) in [7, 11) is -4.49. The molecule has 3 aromatic rings. The summed E-state index contributed by atoms with van der Waals surface area (Å²) < 4.78 is 104. The molecule has 0 spiro atoms. The van der Waals surface area contributed by atoms with E-state index in [1.54, 1.807) is 4.72 Å². The van der Waals surface area contributed by atoms with Crippen LogP contribution in [0, 0.1) is 17.5 Å². The van der Waals surface area contributed by atoms with Crippen LogP contribution >= 0.6 is 0 Å². The van der Waals surface area contributed by atoms with Gasteiger partial charge in [-0.1, -0.05) is 6.07 Å². The Kier molecular flexibility index (Phi) is 4.14. The molecule has 0 aliphatic carbocycles. The van der Waals surface area contributed by atoms with Crippen LogP contribution < -0.4 is 4.72 Å². The monoisotopic (exact) mass is 394 g/mol. The minimum Gasteiger partial charge on any atom is -0.360 e. The zero-order chi connectivity index (χ0) is 19.3. The van der Waals surface area contributed by atoms with E-state index in [0.717, 1.165) is 12.3 Å². The standard InChI is InChI=1S/C15H8F6N2O2S/c16-9-4-11(18)13(5-10(9)17)23-26(24,25)14-6-22-12-3-7(15(19,20)21)1-2-8(12)14/h1-6,22-23H. The number of anilines is 1. The normalized spacial score (nSPS) is 12.5. The van der Waals surface area contributed by atoms with Gasteiger partial charge in [0, 0.05) is 29.2 Å². The van der Waals surface area contributed by atoms with Gasteiger partial charge in [0.15, 0.2) is 11.6 Å². The summed E-state index contributed by atoms with van der Waals surface area (Å²) in [5.41, 5.74) is -1.95. The van der Waals surface area contributed by atoms with Crippen molar-refractivity contribution in [2.45, 2.75) is 11.1 Å². The van der Waals surface area contributed by atoms with E-state index in [0.29, 0.717) is 18.2 Å². The molecule has 0 unspecified atom stereocenters. The molecule has 0 amide bonds. The quantitative estimate of drug-likeness (QED) is 0.511. The largest absolute Gasteiger partial charge is 0.416 e. The first-order valence-electron chi connectivity index (χ1n) is 6.85. The number of alkyl halides is 3. The Balaban J connectivity index is 2.04. The third-order valence-corrected chi connectivity index (χ3v) is 4.92. The molecule has 0 aliphatic rings. The lowest BCUT2D eigenvalue weighted by atomic mass is 10.1. The molecule has 2 aromatic carbocycles. The van der Waals surface area contributed by atoms with Gasteiger partial charge in [0.25, 0.3) is 10.0 Å². The smallest absolute Gasteiger partial charge is 0.360 e. The number of fused-ring (bicyclic) bond motifs is 1. The lowest BCUT2D eigenvalue weighted by Crippen LogP contribution is -2.14. The highest BCUT2D eigenvalue weighted by molar-refractivity contribution is 7.93. The van der Waals surface area contributed by atoms with E-state index in [1.807, 2.05) is 0 Å². The summed E-state index contributed by atoms with van der Waals surface area (Å²) in [6.07, 6.45) is -3.71. The third-order valence-electron chi connectivity index (χ3n) is 3.51. The maximum atomic E-state index is 13.6. The SMILES string of the molecule is O=S(=O)(Nc1cc(F)c(F)cc1F)c1c[nH]c2cc(C(F)(F)F)ccc12. The van der Waals surface area contributed by atoms with E-state index in [1.165, 1.54) is 0 Å². The molecule has 4 nitrogen and oxygen atoms in total. The summed E-state index contributed by atoms with van der Waals surface area (Å²) in [4.78, 5) is 1.90. The van der Waals surface area contributed by atoms with Gasteiger partial charge in [-0.05, 0) is 12.1 Å². The van der Waals surface area contributed by atoms with Crippen LogP contribution in [0.3, 0.4) is 0 Å². The summed E-state index contributed by atoms with van der Waals surface area (Å²) in [5, 5.41) is -0.0894. The second-order valence-corrected chi connectivity index (χ2v) is 6.91. The van der Waals surface area contributed by atoms with Crippen LogP contribution in [-0.2, 0) is 16.2 Å². The highest BCUT2D eigenvalue weighted by Gasteiger charge is 2.31.